The first kappa shape index (κ1) is 21.8. The summed E-state index contributed by atoms with van der Waals surface area (Å²) in [6.45, 7) is 0.852. The molecule has 0 radical (unpaired) electrons. The summed E-state index contributed by atoms with van der Waals surface area (Å²) in [5.74, 6) is -1.63. The van der Waals surface area contributed by atoms with Gasteiger partial charge in [0.2, 0.25) is 5.91 Å². The Kier molecular flexibility index (Phi) is 6.40. The third-order valence-corrected chi connectivity index (χ3v) is 6.92. The predicted molar refractivity (Wildman–Crippen MR) is 110 cm³/mol. The SMILES string of the molecule is N#Cc1cc(S(=O)(=O)NC(=O)C2CCN(c3ccc(F)cc3C#N)CC2)ccc1Br. The Morgan fingerprint density at radius 3 is 2.40 bits per heavy atom. The number of nitrogens with zero attached hydrogens (tertiary/aromatic N) is 3. The van der Waals surface area contributed by atoms with Crippen molar-refractivity contribution >= 4 is 37.5 Å². The van der Waals surface area contributed by atoms with Gasteiger partial charge >= 0.3 is 0 Å². The maximum Gasteiger partial charge on any atom is 0.264 e. The molecule has 7 nitrogen and oxygen atoms in total. The molecule has 0 aliphatic carbocycles. The molecule has 2 aromatic rings. The number of carbonyl (C=O) groups excluding carboxylic acids is 1. The lowest BCUT2D eigenvalue weighted by atomic mass is 9.95. The zero-order valence-corrected chi connectivity index (χ0v) is 18.0. The van der Waals surface area contributed by atoms with E-state index in [1.54, 1.807) is 0 Å². The Morgan fingerprint density at radius 2 is 1.77 bits per heavy atom. The summed E-state index contributed by atoms with van der Waals surface area (Å²) in [4.78, 5) is 14.2. The van der Waals surface area contributed by atoms with Crippen LogP contribution in [0.2, 0.25) is 0 Å². The number of sulfonamides is 1. The van der Waals surface area contributed by atoms with Gasteiger partial charge in [0.1, 0.15) is 18.0 Å². The maximum atomic E-state index is 13.3. The van der Waals surface area contributed by atoms with Crippen molar-refractivity contribution in [3.05, 3.63) is 57.8 Å². The Balaban J connectivity index is 1.67. The Hall–Kier alpha value is -2.95. The van der Waals surface area contributed by atoms with Gasteiger partial charge in [-0.3, -0.25) is 4.79 Å². The standard InChI is InChI=1S/C20H16BrFN4O3S/c21-18-3-2-17(10-14(18)11-23)30(28,29)25-20(27)13-5-7-26(8-6-13)19-4-1-16(22)9-15(19)12-24/h1-4,9-10,13H,5-8H2,(H,25,27). The fourth-order valence-corrected chi connectivity index (χ4v) is 4.69. The highest BCUT2D eigenvalue weighted by Gasteiger charge is 2.29. The second-order valence-corrected chi connectivity index (χ2v) is 9.29. The summed E-state index contributed by atoms with van der Waals surface area (Å²) in [6, 6.07) is 11.7. The van der Waals surface area contributed by atoms with Crippen LogP contribution in [0.3, 0.4) is 0 Å². The summed E-state index contributed by atoms with van der Waals surface area (Å²) in [5.41, 5.74) is 0.944. The number of amides is 1. The van der Waals surface area contributed by atoms with Gasteiger partial charge in [-0.15, -0.1) is 0 Å². The molecule has 0 aromatic heterocycles. The van der Waals surface area contributed by atoms with Crippen LogP contribution < -0.4 is 9.62 Å². The first-order chi connectivity index (χ1) is 14.2. The quantitative estimate of drug-likeness (QED) is 0.704. The van der Waals surface area contributed by atoms with Crippen LogP contribution in [0.1, 0.15) is 24.0 Å². The van der Waals surface area contributed by atoms with Crippen molar-refractivity contribution in [3.8, 4) is 12.1 Å². The van der Waals surface area contributed by atoms with Crippen LogP contribution in [0, 0.1) is 34.4 Å². The molecule has 0 unspecified atom stereocenters. The van der Waals surface area contributed by atoms with Crippen LogP contribution in [0.15, 0.2) is 45.8 Å². The van der Waals surface area contributed by atoms with Crippen molar-refractivity contribution in [1.82, 2.24) is 4.72 Å². The first-order valence-electron chi connectivity index (χ1n) is 8.96. The second-order valence-electron chi connectivity index (χ2n) is 6.76. The van der Waals surface area contributed by atoms with E-state index in [1.807, 2.05) is 17.0 Å². The number of rotatable bonds is 4. The maximum absolute atomic E-state index is 13.3. The molecule has 1 saturated heterocycles. The summed E-state index contributed by atoms with van der Waals surface area (Å²) in [5, 5.41) is 18.3. The van der Waals surface area contributed by atoms with Gasteiger partial charge in [0.25, 0.3) is 10.0 Å². The Labute approximate surface area is 181 Å². The molecule has 1 fully saturated rings. The van der Waals surface area contributed by atoms with Crippen molar-refractivity contribution in [3.63, 3.8) is 0 Å². The van der Waals surface area contributed by atoms with Gasteiger partial charge in [0, 0.05) is 23.5 Å². The lowest BCUT2D eigenvalue weighted by molar-refractivity contribution is -0.123. The molecule has 1 aliphatic rings. The van der Waals surface area contributed by atoms with Gasteiger partial charge in [-0.2, -0.15) is 10.5 Å². The van der Waals surface area contributed by atoms with Gasteiger partial charge in [-0.05, 0) is 65.2 Å². The van der Waals surface area contributed by atoms with E-state index in [4.69, 9.17) is 5.26 Å². The molecule has 0 atom stereocenters. The van der Waals surface area contributed by atoms with Gasteiger partial charge in [-0.1, -0.05) is 0 Å². The summed E-state index contributed by atoms with van der Waals surface area (Å²) >= 11 is 3.16. The molecule has 154 valence electrons. The monoisotopic (exact) mass is 490 g/mol. The van der Waals surface area contributed by atoms with E-state index in [-0.39, 0.29) is 16.0 Å². The van der Waals surface area contributed by atoms with Crippen LogP contribution in [0.25, 0.3) is 0 Å². The molecule has 0 spiro atoms. The highest BCUT2D eigenvalue weighted by molar-refractivity contribution is 9.10. The van der Waals surface area contributed by atoms with E-state index < -0.39 is 27.7 Å². The molecule has 2 aromatic carbocycles. The molecular weight excluding hydrogens is 475 g/mol. The largest absolute Gasteiger partial charge is 0.370 e. The van der Waals surface area contributed by atoms with E-state index in [0.29, 0.717) is 36.1 Å². The van der Waals surface area contributed by atoms with Gasteiger partial charge in [-0.25, -0.2) is 17.5 Å². The van der Waals surface area contributed by atoms with Gasteiger partial charge in [0.15, 0.2) is 0 Å². The topological polar surface area (TPSA) is 114 Å². The molecule has 1 N–H and O–H groups in total. The summed E-state index contributed by atoms with van der Waals surface area (Å²) in [7, 11) is -4.11. The third kappa shape index (κ3) is 4.61. The number of hydrogen-bond donors (Lipinski definition) is 1. The van der Waals surface area contributed by atoms with Gasteiger partial charge in [0.05, 0.1) is 21.7 Å². The van der Waals surface area contributed by atoms with Crippen LogP contribution in [-0.4, -0.2) is 27.4 Å². The summed E-state index contributed by atoms with van der Waals surface area (Å²) in [6.07, 6.45) is 0.765. The third-order valence-electron chi connectivity index (χ3n) is 4.89. The number of anilines is 1. The molecule has 3 rings (SSSR count). The molecule has 0 bridgehead atoms. The van der Waals surface area contributed by atoms with E-state index in [1.165, 1.54) is 30.3 Å². The molecule has 1 heterocycles. The van der Waals surface area contributed by atoms with Crippen LogP contribution in [-0.2, 0) is 14.8 Å². The number of halogens is 2. The Morgan fingerprint density at radius 1 is 1.10 bits per heavy atom. The van der Waals surface area contributed by atoms with Crippen molar-refractivity contribution in [1.29, 1.82) is 10.5 Å². The lowest BCUT2D eigenvalue weighted by Gasteiger charge is -2.33. The average Bonchev–Trinajstić information content (AvgIpc) is 2.73. The van der Waals surface area contributed by atoms with E-state index in [2.05, 4.69) is 20.7 Å². The van der Waals surface area contributed by atoms with Crippen LogP contribution in [0.5, 0.6) is 0 Å². The first-order valence-corrected chi connectivity index (χ1v) is 11.2. The van der Waals surface area contributed by atoms with E-state index in [9.17, 15) is 22.9 Å². The molecule has 1 amide bonds. The van der Waals surface area contributed by atoms with Crippen molar-refractivity contribution in [2.75, 3.05) is 18.0 Å². The second kappa shape index (κ2) is 8.82. The van der Waals surface area contributed by atoms with Crippen molar-refractivity contribution in [2.45, 2.75) is 17.7 Å². The minimum Gasteiger partial charge on any atom is -0.370 e. The fourth-order valence-electron chi connectivity index (χ4n) is 3.29. The van der Waals surface area contributed by atoms with Crippen molar-refractivity contribution < 1.29 is 17.6 Å². The zero-order valence-electron chi connectivity index (χ0n) is 15.6. The lowest BCUT2D eigenvalue weighted by Crippen LogP contribution is -2.42. The van der Waals surface area contributed by atoms with Crippen LogP contribution >= 0.6 is 15.9 Å². The van der Waals surface area contributed by atoms with Gasteiger partial charge < -0.3 is 4.90 Å². The van der Waals surface area contributed by atoms with E-state index in [0.717, 1.165) is 6.07 Å². The molecule has 1 aliphatic heterocycles. The molecular formula is C20H16BrFN4O3S. The Bertz CT molecular complexity index is 1180. The van der Waals surface area contributed by atoms with E-state index >= 15 is 0 Å². The highest BCUT2D eigenvalue weighted by Crippen LogP contribution is 2.27. The fraction of sp³-hybridized carbons (Fsp3) is 0.250. The smallest absolute Gasteiger partial charge is 0.264 e. The molecule has 0 saturated carbocycles. The zero-order chi connectivity index (χ0) is 21.9. The number of piperidine rings is 1. The summed E-state index contributed by atoms with van der Waals surface area (Å²) < 4.78 is 40.9. The van der Waals surface area contributed by atoms with Crippen LogP contribution in [0.4, 0.5) is 10.1 Å². The number of hydrogen-bond acceptors (Lipinski definition) is 6. The molecule has 30 heavy (non-hydrogen) atoms. The normalized spacial score (nSPS) is 14.6. The molecule has 10 heteroatoms. The minimum atomic E-state index is -4.11. The predicted octanol–water partition coefficient (Wildman–Crippen LogP) is 3.05. The average molecular weight is 491 g/mol. The minimum absolute atomic E-state index is 0.145. The number of benzene rings is 2. The number of carbonyl (C=O) groups is 1. The van der Waals surface area contributed by atoms with Crippen molar-refractivity contribution in [2.24, 2.45) is 5.92 Å². The highest BCUT2D eigenvalue weighted by atomic mass is 79.9. The number of nitriles is 2. The number of nitrogens with one attached hydrogen (secondary N) is 1.